The van der Waals surface area contributed by atoms with E-state index in [2.05, 4.69) is 15.7 Å². The van der Waals surface area contributed by atoms with Gasteiger partial charge in [-0.25, -0.2) is 4.68 Å². The van der Waals surface area contributed by atoms with Crippen LogP contribution in [0.4, 0.5) is 5.69 Å². The van der Waals surface area contributed by atoms with E-state index in [1.165, 1.54) is 0 Å². The number of halogens is 1. The fourth-order valence-electron chi connectivity index (χ4n) is 2.53. The van der Waals surface area contributed by atoms with Crippen LogP contribution in [0.1, 0.15) is 11.3 Å². The van der Waals surface area contributed by atoms with Crippen molar-refractivity contribution in [3.8, 4) is 5.69 Å². The quantitative estimate of drug-likeness (QED) is 0.665. The highest BCUT2D eigenvalue weighted by atomic mass is 35.5. The molecule has 0 saturated heterocycles. The first-order valence-corrected chi connectivity index (χ1v) is 8.86. The maximum atomic E-state index is 12.1. The molecule has 0 spiro atoms. The Bertz CT molecular complexity index is 936. The van der Waals surface area contributed by atoms with Gasteiger partial charge in [-0.05, 0) is 43.2 Å². The van der Waals surface area contributed by atoms with Crippen molar-refractivity contribution >= 4 is 29.1 Å². The smallest absolute Gasteiger partial charge is 0.313 e. The van der Waals surface area contributed by atoms with Crippen LogP contribution in [0.5, 0.6) is 0 Å². The van der Waals surface area contributed by atoms with Crippen molar-refractivity contribution in [2.24, 2.45) is 0 Å². The fourth-order valence-corrected chi connectivity index (χ4v) is 2.65. The molecule has 0 aliphatic heterocycles. The Labute approximate surface area is 162 Å². The molecular formula is C20H19ClN4O2. The minimum atomic E-state index is -0.721. The van der Waals surface area contributed by atoms with E-state index in [9.17, 15) is 9.59 Å². The molecule has 1 heterocycles. The van der Waals surface area contributed by atoms with Gasteiger partial charge in [0.15, 0.2) is 0 Å². The molecule has 0 aliphatic carbocycles. The monoisotopic (exact) mass is 382 g/mol. The Hall–Kier alpha value is -3.12. The van der Waals surface area contributed by atoms with Crippen molar-refractivity contribution in [1.29, 1.82) is 0 Å². The molecule has 7 heteroatoms. The zero-order chi connectivity index (χ0) is 19.2. The van der Waals surface area contributed by atoms with E-state index in [-0.39, 0.29) is 0 Å². The first-order valence-electron chi connectivity index (χ1n) is 8.48. The predicted molar refractivity (Wildman–Crippen MR) is 105 cm³/mol. The number of hydrogen-bond donors (Lipinski definition) is 2. The lowest BCUT2D eigenvalue weighted by Crippen LogP contribution is -2.36. The number of carbonyl (C=O) groups excluding carboxylic acids is 2. The molecule has 138 valence electrons. The standard InChI is InChI=1S/C20H19ClN4O2/c1-14-18(13-25(24-14)17-5-3-2-4-6-17)23-20(27)19(26)22-12-11-15-7-9-16(21)10-8-15/h2-10,13H,11-12H2,1H3,(H,22,26)(H,23,27). The van der Waals surface area contributed by atoms with Gasteiger partial charge >= 0.3 is 11.8 Å². The second-order valence-electron chi connectivity index (χ2n) is 5.99. The highest BCUT2D eigenvalue weighted by Crippen LogP contribution is 2.16. The van der Waals surface area contributed by atoms with Gasteiger partial charge in [-0.15, -0.1) is 0 Å². The molecule has 0 radical (unpaired) electrons. The van der Waals surface area contributed by atoms with Crippen molar-refractivity contribution < 1.29 is 9.59 Å². The van der Waals surface area contributed by atoms with Crippen molar-refractivity contribution in [3.63, 3.8) is 0 Å². The molecule has 2 aromatic carbocycles. The van der Waals surface area contributed by atoms with Crippen LogP contribution >= 0.6 is 11.6 Å². The van der Waals surface area contributed by atoms with Gasteiger partial charge in [-0.2, -0.15) is 5.10 Å². The molecular weight excluding hydrogens is 364 g/mol. The number of rotatable bonds is 5. The summed E-state index contributed by atoms with van der Waals surface area (Å²) in [5.74, 6) is -1.40. The van der Waals surface area contributed by atoms with E-state index < -0.39 is 11.8 Å². The average molecular weight is 383 g/mol. The van der Waals surface area contributed by atoms with Gasteiger partial charge in [0.1, 0.15) is 0 Å². The molecule has 2 amide bonds. The molecule has 3 rings (SSSR count). The Kier molecular flexibility index (Phi) is 5.88. The molecule has 6 nitrogen and oxygen atoms in total. The summed E-state index contributed by atoms with van der Waals surface area (Å²) in [7, 11) is 0. The predicted octanol–water partition coefficient (Wildman–Crippen LogP) is 3.13. The topological polar surface area (TPSA) is 76.0 Å². The first-order chi connectivity index (χ1) is 13.0. The summed E-state index contributed by atoms with van der Waals surface area (Å²) in [6.07, 6.45) is 2.30. The van der Waals surface area contributed by atoms with Gasteiger partial charge < -0.3 is 10.6 Å². The largest absolute Gasteiger partial charge is 0.347 e. The molecule has 0 unspecified atom stereocenters. The number of hydrogen-bond acceptors (Lipinski definition) is 3. The molecule has 1 aromatic heterocycles. The summed E-state index contributed by atoms with van der Waals surface area (Å²) < 4.78 is 1.66. The van der Waals surface area contributed by atoms with Crippen LogP contribution in [-0.4, -0.2) is 28.1 Å². The fraction of sp³-hybridized carbons (Fsp3) is 0.150. The van der Waals surface area contributed by atoms with Gasteiger partial charge in [0.05, 0.1) is 23.3 Å². The number of benzene rings is 2. The lowest BCUT2D eigenvalue weighted by Gasteiger charge is -2.06. The molecule has 3 aromatic rings. The number of carbonyl (C=O) groups is 2. The van der Waals surface area contributed by atoms with Crippen LogP contribution in [0.3, 0.4) is 0 Å². The lowest BCUT2D eigenvalue weighted by molar-refractivity contribution is -0.136. The third-order valence-corrected chi connectivity index (χ3v) is 4.24. The molecule has 27 heavy (non-hydrogen) atoms. The van der Waals surface area contributed by atoms with Gasteiger partial charge in [0.2, 0.25) is 0 Å². The van der Waals surface area contributed by atoms with Crippen LogP contribution in [0.2, 0.25) is 5.02 Å². The minimum Gasteiger partial charge on any atom is -0.347 e. The van der Waals surface area contributed by atoms with Gasteiger partial charge in [0.25, 0.3) is 0 Å². The number of anilines is 1. The Morgan fingerprint density at radius 1 is 1.04 bits per heavy atom. The van der Waals surface area contributed by atoms with Crippen molar-refractivity contribution in [1.82, 2.24) is 15.1 Å². The van der Waals surface area contributed by atoms with Crippen molar-refractivity contribution in [2.75, 3.05) is 11.9 Å². The SMILES string of the molecule is Cc1nn(-c2ccccc2)cc1NC(=O)C(=O)NCCc1ccc(Cl)cc1. The number of aromatic nitrogens is 2. The molecule has 2 N–H and O–H groups in total. The second-order valence-corrected chi connectivity index (χ2v) is 6.43. The highest BCUT2D eigenvalue weighted by molar-refractivity contribution is 6.39. The van der Waals surface area contributed by atoms with Crippen LogP contribution in [0.15, 0.2) is 60.8 Å². The molecule has 0 fully saturated rings. The third-order valence-electron chi connectivity index (χ3n) is 3.99. The Morgan fingerprint density at radius 2 is 1.74 bits per heavy atom. The van der Waals surface area contributed by atoms with Gasteiger partial charge in [-0.1, -0.05) is 41.9 Å². The highest BCUT2D eigenvalue weighted by Gasteiger charge is 2.16. The summed E-state index contributed by atoms with van der Waals surface area (Å²) in [6, 6.07) is 16.9. The van der Waals surface area contributed by atoms with E-state index in [1.807, 2.05) is 42.5 Å². The van der Waals surface area contributed by atoms with Crippen LogP contribution in [-0.2, 0) is 16.0 Å². The average Bonchev–Trinajstić information content (AvgIpc) is 3.04. The zero-order valence-corrected chi connectivity index (χ0v) is 15.5. The number of nitrogens with zero attached hydrogens (tertiary/aromatic N) is 2. The summed E-state index contributed by atoms with van der Waals surface area (Å²) in [4.78, 5) is 24.1. The van der Waals surface area contributed by atoms with E-state index >= 15 is 0 Å². The van der Waals surface area contributed by atoms with Crippen molar-refractivity contribution in [2.45, 2.75) is 13.3 Å². The maximum absolute atomic E-state index is 12.1. The molecule has 0 aliphatic rings. The Balaban J connectivity index is 1.54. The van der Waals surface area contributed by atoms with Crippen LogP contribution in [0, 0.1) is 6.92 Å². The zero-order valence-electron chi connectivity index (χ0n) is 14.8. The van der Waals surface area contributed by atoms with E-state index in [1.54, 1.807) is 29.9 Å². The summed E-state index contributed by atoms with van der Waals surface area (Å²) in [5, 5.41) is 10.2. The summed E-state index contributed by atoms with van der Waals surface area (Å²) in [6.45, 7) is 2.13. The second kappa shape index (κ2) is 8.51. The first kappa shape index (κ1) is 18.7. The Morgan fingerprint density at radius 3 is 2.44 bits per heavy atom. The summed E-state index contributed by atoms with van der Waals surface area (Å²) >= 11 is 5.84. The van der Waals surface area contributed by atoms with E-state index in [0.717, 1.165) is 11.3 Å². The number of aryl methyl sites for hydroxylation is 1. The molecule has 0 saturated carbocycles. The third kappa shape index (κ3) is 4.95. The minimum absolute atomic E-state index is 0.357. The molecule has 0 bridgehead atoms. The number of nitrogens with one attached hydrogen (secondary N) is 2. The van der Waals surface area contributed by atoms with Crippen LogP contribution < -0.4 is 10.6 Å². The van der Waals surface area contributed by atoms with Gasteiger partial charge in [-0.3, -0.25) is 9.59 Å². The van der Waals surface area contributed by atoms with Crippen molar-refractivity contribution in [3.05, 3.63) is 77.1 Å². The van der Waals surface area contributed by atoms with Gasteiger partial charge in [0, 0.05) is 11.6 Å². The maximum Gasteiger partial charge on any atom is 0.313 e. The van der Waals surface area contributed by atoms with E-state index in [0.29, 0.717) is 29.4 Å². The number of para-hydroxylation sites is 1. The van der Waals surface area contributed by atoms with E-state index in [4.69, 9.17) is 11.6 Å². The molecule has 0 atom stereocenters. The number of amides is 2. The summed E-state index contributed by atoms with van der Waals surface area (Å²) in [5.41, 5.74) is 3.02. The normalized spacial score (nSPS) is 10.4. The van der Waals surface area contributed by atoms with Crippen LogP contribution in [0.25, 0.3) is 5.69 Å². The lowest BCUT2D eigenvalue weighted by atomic mass is 10.1.